The molecule has 1 aromatic heterocycles. The van der Waals surface area contributed by atoms with E-state index in [9.17, 15) is 31.9 Å². The average molecular weight is 655 g/mol. The summed E-state index contributed by atoms with van der Waals surface area (Å²) in [7, 11) is -4.33. The number of benzene rings is 1. The monoisotopic (exact) mass is 654 g/mol. The zero-order valence-corrected chi connectivity index (χ0v) is 26.9. The molecule has 10 nitrogen and oxygen atoms in total. The van der Waals surface area contributed by atoms with E-state index in [-0.39, 0.29) is 45.6 Å². The van der Waals surface area contributed by atoms with E-state index in [4.69, 9.17) is 4.74 Å². The highest BCUT2D eigenvalue weighted by Gasteiger charge is 2.80. The molecule has 3 fully saturated rings. The molecular formula is C30H40F2N4O6S2. The van der Waals surface area contributed by atoms with Crippen molar-refractivity contribution in [2.45, 2.75) is 77.6 Å². The number of hydrogen-bond acceptors (Lipinski definition) is 8. The Bertz CT molecular complexity index is 1490. The first kappa shape index (κ1) is 32.9. The summed E-state index contributed by atoms with van der Waals surface area (Å²) in [6.07, 6.45) is -0.822. The number of aliphatic hydroxyl groups excluding tert-OH is 1. The highest BCUT2D eigenvalue weighted by atomic mass is 32.2. The van der Waals surface area contributed by atoms with E-state index in [0.29, 0.717) is 0 Å². The lowest BCUT2D eigenvalue weighted by Gasteiger charge is -2.35. The zero-order chi connectivity index (χ0) is 32.1. The molecule has 3 N–H and O–H groups in total. The maximum absolute atomic E-state index is 14.8. The van der Waals surface area contributed by atoms with E-state index in [2.05, 4.69) is 15.0 Å². The van der Waals surface area contributed by atoms with Gasteiger partial charge in [0.1, 0.15) is 12.1 Å². The van der Waals surface area contributed by atoms with E-state index >= 15 is 0 Å². The summed E-state index contributed by atoms with van der Waals surface area (Å²) in [6.45, 7) is 7.24. The number of ether oxygens (including phenoxy) is 1. The summed E-state index contributed by atoms with van der Waals surface area (Å²) in [4.78, 5) is 33.6. The predicted molar refractivity (Wildman–Crippen MR) is 161 cm³/mol. The van der Waals surface area contributed by atoms with Crippen LogP contribution in [0.4, 0.5) is 8.78 Å². The lowest BCUT2D eigenvalue weighted by Crippen LogP contribution is -2.58. The average Bonchev–Trinajstić information content (AvgIpc) is 3.37. The number of thiazole rings is 1. The van der Waals surface area contributed by atoms with Crippen molar-refractivity contribution in [1.29, 1.82) is 0 Å². The summed E-state index contributed by atoms with van der Waals surface area (Å²) in [5, 5.41) is 13.3. The van der Waals surface area contributed by atoms with Crippen molar-refractivity contribution in [3.8, 4) is 10.4 Å². The third-order valence-electron chi connectivity index (χ3n) is 9.16. The maximum Gasteiger partial charge on any atom is 0.258 e. The van der Waals surface area contributed by atoms with Gasteiger partial charge in [0.25, 0.3) is 5.92 Å². The van der Waals surface area contributed by atoms with Crippen molar-refractivity contribution in [2.24, 2.45) is 16.7 Å². The minimum Gasteiger partial charge on any atom is -0.391 e. The number of hydrogen-bond donors (Lipinski definition) is 3. The molecule has 1 spiro atoms. The third kappa shape index (κ3) is 6.41. The van der Waals surface area contributed by atoms with Crippen molar-refractivity contribution < 1.29 is 36.6 Å². The van der Waals surface area contributed by atoms with Gasteiger partial charge >= 0.3 is 0 Å². The molecule has 3 heterocycles. The highest BCUT2D eigenvalue weighted by Crippen LogP contribution is 2.70. The maximum atomic E-state index is 14.8. The number of β-amino-alcohol motifs (C(OH)–C–C–N with tert-alkyl or cyclic N) is 1. The van der Waals surface area contributed by atoms with E-state index in [1.54, 1.807) is 37.6 Å². The standard InChI is InChI=1S/C30H40F2N4O6S2/c1-18-24(43-17-34-18)20-7-5-19(6-8-20)14-33-26(38)22-13-21(37)15-36(22)27(39)25(28(2,3)4)35-44(40,41)16-23-29(30(23,31)32)9-11-42-12-10-29/h5-8,17,21-23,25,35,37H,9-16H2,1-4H3,(H,33,38)/t21-,22+,23?,25+/m1/s1. The molecule has 1 unspecified atom stereocenters. The molecule has 44 heavy (non-hydrogen) atoms. The molecule has 2 amide bonds. The van der Waals surface area contributed by atoms with Crippen LogP contribution in [0.3, 0.4) is 0 Å². The Hall–Kier alpha value is -2.52. The van der Waals surface area contributed by atoms with Crippen molar-refractivity contribution >= 4 is 33.2 Å². The summed E-state index contributed by atoms with van der Waals surface area (Å²) in [6, 6.07) is 5.30. The Labute approximate surface area is 260 Å². The molecule has 4 atom stereocenters. The molecule has 1 saturated carbocycles. The van der Waals surface area contributed by atoms with Crippen molar-refractivity contribution in [3.63, 3.8) is 0 Å². The van der Waals surface area contributed by atoms with E-state index in [0.717, 1.165) is 21.7 Å². The van der Waals surface area contributed by atoms with Gasteiger partial charge in [0.05, 0.1) is 33.9 Å². The molecular weight excluding hydrogens is 614 g/mol. The number of rotatable bonds is 9. The summed E-state index contributed by atoms with van der Waals surface area (Å²) < 4.78 is 63.8. The molecule has 2 saturated heterocycles. The minimum absolute atomic E-state index is 0.0103. The second-order valence-electron chi connectivity index (χ2n) is 13.2. The summed E-state index contributed by atoms with van der Waals surface area (Å²) in [5.74, 6) is -6.47. The fourth-order valence-electron chi connectivity index (χ4n) is 6.45. The molecule has 1 aromatic carbocycles. The van der Waals surface area contributed by atoms with Crippen LogP contribution in [-0.4, -0.2) is 84.8 Å². The van der Waals surface area contributed by atoms with Gasteiger partial charge in [0.15, 0.2) is 0 Å². The van der Waals surface area contributed by atoms with Gasteiger partial charge in [0.2, 0.25) is 21.8 Å². The molecule has 2 aromatic rings. The van der Waals surface area contributed by atoms with Crippen LogP contribution in [0.5, 0.6) is 0 Å². The van der Waals surface area contributed by atoms with Crippen LogP contribution < -0.4 is 10.0 Å². The van der Waals surface area contributed by atoms with Crippen LogP contribution in [0.2, 0.25) is 0 Å². The quantitative estimate of drug-likeness (QED) is 0.378. The molecule has 3 aliphatic rings. The van der Waals surface area contributed by atoms with Crippen LogP contribution in [-0.2, 0) is 30.9 Å². The fourth-order valence-corrected chi connectivity index (χ4v) is 9.14. The van der Waals surface area contributed by atoms with Crippen molar-refractivity contribution in [3.05, 3.63) is 41.0 Å². The van der Waals surface area contributed by atoms with Gasteiger partial charge in [-0.05, 0) is 36.3 Å². The van der Waals surface area contributed by atoms with Gasteiger partial charge in [0, 0.05) is 38.1 Å². The molecule has 1 aliphatic carbocycles. The lowest BCUT2D eigenvalue weighted by molar-refractivity contribution is -0.141. The Morgan fingerprint density at radius 2 is 1.86 bits per heavy atom. The topological polar surface area (TPSA) is 138 Å². The first-order valence-electron chi connectivity index (χ1n) is 14.8. The number of nitrogens with zero attached hydrogens (tertiary/aromatic N) is 2. The third-order valence-corrected chi connectivity index (χ3v) is 11.5. The number of aromatic nitrogens is 1. The van der Waals surface area contributed by atoms with E-state index in [1.807, 2.05) is 31.2 Å². The number of sulfonamides is 1. The number of carbonyl (C=O) groups excluding carboxylic acids is 2. The Kier molecular flexibility index (Phi) is 8.97. The number of carbonyl (C=O) groups is 2. The SMILES string of the molecule is Cc1ncsc1-c1ccc(CNC(=O)[C@@H]2C[C@@H](O)CN2C(=O)[C@H](NS(=O)(=O)CC2C(F)(F)C23CCOCC3)C(C)(C)C)cc1. The second-order valence-corrected chi connectivity index (χ2v) is 15.9. The van der Waals surface area contributed by atoms with E-state index < -0.39 is 68.4 Å². The van der Waals surface area contributed by atoms with Crippen LogP contribution in [0, 0.1) is 23.7 Å². The van der Waals surface area contributed by atoms with Crippen LogP contribution in [0.25, 0.3) is 10.4 Å². The van der Waals surface area contributed by atoms with Gasteiger partial charge < -0.3 is 20.1 Å². The Balaban J connectivity index is 1.25. The van der Waals surface area contributed by atoms with Crippen LogP contribution in [0.1, 0.15) is 51.3 Å². The van der Waals surface area contributed by atoms with Crippen molar-refractivity contribution in [2.75, 3.05) is 25.5 Å². The number of nitrogens with one attached hydrogen (secondary N) is 2. The summed E-state index contributed by atoms with van der Waals surface area (Å²) >= 11 is 1.54. The summed E-state index contributed by atoms with van der Waals surface area (Å²) in [5.41, 5.74) is 2.21. The number of alkyl halides is 2. The molecule has 0 bridgehead atoms. The molecule has 2 aliphatic heterocycles. The van der Waals surface area contributed by atoms with Crippen LogP contribution >= 0.6 is 11.3 Å². The Morgan fingerprint density at radius 1 is 1.20 bits per heavy atom. The molecule has 242 valence electrons. The number of amides is 2. The smallest absolute Gasteiger partial charge is 0.258 e. The number of halogens is 2. The van der Waals surface area contributed by atoms with Crippen LogP contribution in [0.15, 0.2) is 29.8 Å². The normalized spacial score (nSPS) is 25.2. The fraction of sp³-hybridized carbons (Fsp3) is 0.633. The first-order valence-corrected chi connectivity index (χ1v) is 17.3. The number of aliphatic hydroxyl groups is 1. The molecule has 5 rings (SSSR count). The predicted octanol–water partition coefficient (Wildman–Crippen LogP) is 3.09. The molecule has 0 radical (unpaired) electrons. The van der Waals surface area contributed by atoms with Gasteiger partial charge in [-0.1, -0.05) is 45.0 Å². The molecule has 14 heteroatoms. The zero-order valence-electron chi connectivity index (χ0n) is 25.3. The van der Waals surface area contributed by atoms with Gasteiger partial charge in [-0.2, -0.15) is 0 Å². The highest BCUT2D eigenvalue weighted by molar-refractivity contribution is 7.89. The van der Waals surface area contributed by atoms with Gasteiger partial charge in [-0.25, -0.2) is 26.9 Å². The van der Waals surface area contributed by atoms with Crippen molar-refractivity contribution in [1.82, 2.24) is 19.9 Å². The largest absolute Gasteiger partial charge is 0.391 e. The Morgan fingerprint density at radius 3 is 2.45 bits per heavy atom. The minimum atomic E-state index is -4.33. The second kappa shape index (κ2) is 12.0. The first-order chi connectivity index (χ1) is 20.6. The lowest BCUT2D eigenvalue weighted by atomic mass is 9.86. The van der Waals surface area contributed by atoms with E-state index in [1.165, 1.54) is 4.90 Å². The van der Waals surface area contributed by atoms with Gasteiger partial charge in [-0.3, -0.25) is 9.59 Å². The number of aryl methyl sites for hydroxylation is 1. The van der Waals surface area contributed by atoms with Gasteiger partial charge in [-0.15, -0.1) is 11.3 Å². The number of likely N-dealkylation sites (tertiary alicyclic amines) is 1.